The Kier molecular flexibility index (Phi) is 4.26. The number of carbonyl (C=O) groups excluding carboxylic acids is 1. The van der Waals surface area contributed by atoms with E-state index in [1.807, 2.05) is 0 Å². The van der Waals surface area contributed by atoms with Gasteiger partial charge in [-0.15, -0.1) is 10.2 Å². The van der Waals surface area contributed by atoms with Crippen LogP contribution in [0.15, 0.2) is 52.9 Å². The number of alkyl halides is 3. The largest absolute Gasteiger partial charge is 0.465 e. The van der Waals surface area contributed by atoms with Crippen molar-refractivity contribution in [2.45, 2.75) is 6.18 Å². The molecule has 8 heteroatoms. The van der Waals surface area contributed by atoms with Crippen molar-refractivity contribution in [2.75, 3.05) is 7.11 Å². The Labute approximate surface area is 140 Å². The SMILES string of the molecule is COC(=O)c1ccc(-c2nnc(-c3ccc(C(F)(F)F)cc3)o2)cc1. The van der Waals surface area contributed by atoms with Crippen LogP contribution in [0.3, 0.4) is 0 Å². The van der Waals surface area contributed by atoms with E-state index in [4.69, 9.17) is 4.42 Å². The van der Waals surface area contributed by atoms with Crippen molar-refractivity contribution < 1.29 is 27.1 Å². The summed E-state index contributed by atoms with van der Waals surface area (Å²) in [5.74, 6) is -0.186. The quantitative estimate of drug-likeness (QED) is 0.664. The number of hydrogen-bond acceptors (Lipinski definition) is 5. The van der Waals surface area contributed by atoms with Crippen molar-refractivity contribution in [1.29, 1.82) is 0 Å². The molecule has 5 nitrogen and oxygen atoms in total. The third-order valence-corrected chi connectivity index (χ3v) is 3.44. The number of carbonyl (C=O) groups is 1. The summed E-state index contributed by atoms with van der Waals surface area (Å²) in [6, 6.07) is 10.7. The molecule has 0 amide bonds. The summed E-state index contributed by atoms with van der Waals surface area (Å²) in [6.45, 7) is 0. The average Bonchev–Trinajstić information content (AvgIpc) is 3.10. The van der Waals surface area contributed by atoms with Crippen molar-refractivity contribution in [3.8, 4) is 22.9 Å². The lowest BCUT2D eigenvalue weighted by Crippen LogP contribution is -2.03. The van der Waals surface area contributed by atoms with Crippen molar-refractivity contribution in [3.05, 3.63) is 59.7 Å². The van der Waals surface area contributed by atoms with Gasteiger partial charge in [-0.05, 0) is 48.5 Å². The Morgan fingerprint density at radius 2 is 1.40 bits per heavy atom. The number of halogens is 3. The fraction of sp³-hybridized carbons (Fsp3) is 0.118. The van der Waals surface area contributed by atoms with Gasteiger partial charge in [-0.3, -0.25) is 0 Å². The molecule has 0 aliphatic carbocycles. The van der Waals surface area contributed by atoms with Gasteiger partial charge in [0.2, 0.25) is 11.8 Å². The first-order chi connectivity index (χ1) is 11.9. The second kappa shape index (κ2) is 6.39. The van der Waals surface area contributed by atoms with Crippen LogP contribution in [0.1, 0.15) is 15.9 Å². The molecule has 25 heavy (non-hydrogen) atoms. The maximum absolute atomic E-state index is 12.6. The molecule has 2 aromatic carbocycles. The fourth-order valence-corrected chi connectivity index (χ4v) is 2.13. The summed E-state index contributed by atoms with van der Waals surface area (Å²) in [6.07, 6.45) is -4.40. The number of rotatable bonds is 3. The Bertz CT molecular complexity index is 885. The van der Waals surface area contributed by atoms with E-state index < -0.39 is 17.7 Å². The minimum atomic E-state index is -4.40. The van der Waals surface area contributed by atoms with Crippen molar-refractivity contribution in [2.24, 2.45) is 0 Å². The molecule has 0 unspecified atom stereocenters. The molecular formula is C17H11F3N2O3. The summed E-state index contributed by atoms with van der Waals surface area (Å²) in [7, 11) is 1.28. The van der Waals surface area contributed by atoms with E-state index in [1.54, 1.807) is 24.3 Å². The van der Waals surface area contributed by atoms with Crippen LogP contribution in [0.25, 0.3) is 22.9 Å². The minimum absolute atomic E-state index is 0.0979. The van der Waals surface area contributed by atoms with E-state index >= 15 is 0 Å². The predicted octanol–water partition coefficient (Wildman–Crippen LogP) is 4.21. The summed E-state index contributed by atoms with van der Waals surface area (Å²) in [5, 5.41) is 7.71. The Hall–Kier alpha value is -3.16. The summed E-state index contributed by atoms with van der Waals surface area (Å²) in [5.41, 5.74) is 0.555. The third kappa shape index (κ3) is 3.52. The zero-order chi connectivity index (χ0) is 18.0. The molecule has 0 fully saturated rings. The van der Waals surface area contributed by atoms with Gasteiger partial charge in [-0.25, -0.2) is 4.79 Å². The number of aromatic nitrogens is 2. The van der Waals surface area contributed by atoms with Gasteiger partial charge < -0.3 is 9.15 Å². The first-order valence-corrected chi connectivity index (χ1v) is 7.08. The van der Waals surface area contributed by atoms with E-state index in [9.17, 15) is 18.0 Å². The van der Waals surface area contributed by atoms with E-state index in [0.29, 0.717) is 16.7 Å². The highest BCUT2D eigenvalue weighted by Crippen LogP contribution is 2.31. The molecule has 0 aliphatic heterocycles. The van der Waals surface area contributed by atoms with Gasteiger partial charge in [0.15, 0.2) is 0 Å². The molecule has 0 radical (unpaired) electrons. The lowest BCUT2D eigenvalue weighted by atomic mass is 10.1. The molecule has 0 saturated carbocycles. The summed E-state index contributed by atoms with van der Waals surface area (Å²) < 4.78 is 47.8. The van der Waals surface area contributed by atoms with Crippen LogP contribution in [0.4, 0.5) is 13.2 Å². The van der Waals surface area contributed by atoms with Crippen LogP contribution < -0.4 is 0 Å². The number of ether oxygens (including phenoxy) is 1. The number of nitrogens with zero attached hydrogens (tertiary/aromatic N) is 2. The fourth-order valence-electron chi connectivity index (χ4n) is 2.13. The van der Waals surface area contributed by atoms with Gasteiger partial charge in [-0.1, -0.05) is 0 Å². The normalized spacial score (nSPS) is 11.4. The smallest absolute Gasteiger partial charge is 0.416 e. The molecule has 0 saturated heterocycles. The van der Waals surface area contributed by atoms with Crippen molar-refractivity contribution >= 4 is 5.97 Å². The first kappa shape index (κ1) is 16.7. The molecule has 0 aliphatic rings. The lowest BCUT2D eigenvalue weighted by Gasteiger charge is -2.05. The maximum atomic E-state index is 12.6. The molecular weight excluding hydrogens is 337 g/mol. The highest BCUT2D eigenvalue weighted by Gasteiger charge is 2.30. The van der Waals surface area contributed by atoms with Gasteiger partial charge in [0, 0.05) is 11.1 Å². The predicted molar refractivity (Wildman–Crippen MR) is 81.5 cm³/mol. The number of benzene rings is 2. The van der Waals surface area contributed by atoms with Crippen LogP contribution in [0.2, 0.25) is 0 Å². The topological polar surface area (TPSA) is 65.2 Å². The number of esters is 1. The van der Waals surface area contributed by atoms with Gasteiger partial charge in [0.05, 0.1) is 18.2 Å². The number of hydrogen-bond donors (Lipinski definition) is 0. The van der Waals surface area contributed by atoms with Crippen molar-refractivity contribution in [3.63, 3.8) is 0 Å². The Balaban J connectivity index is 1.84. The van der Waals surface area contributed by atoms with Gasteiger partial charge in [0.1, 0.15) is 0 Å². The third-order valence-electron chi connectivity index (χ3n) is 3.44. The number of methoxy groups -OCH3 is 1. The molecule has 1 aromatic heterocycles. The molecule has 128 valence electrons. The molecule has 0 spiro atoms. The Morgan fingerprint density at radius 3 is 1.84 bits per heavy atom. The molecule has 0 atom stereocenters. The van der Waals surface area contributed by atoms with E-state index in [2.05, 4.69) is 14.9 Å². The lowest BCUT2D eigenvalue weighted by molar-refractivity contribution is -0.137. The molecule has 0 bridgehead atoms. The van der Waals surface area contributed by atoms with Crippen LogP contribution in [0, 0.1) is 0 Å². The molecule has 3 aromatic rings. The zero-order valence-electron chi connectivity index (χ0n) is 12.9. The maximum Gasteiger partial charge on any atom is 0.416 e. The summed E-state index contributed by atoms with van der Waals surface area (Å²) >= 11 is 0. The van der Waals surface area contributed by atoms with E-state index in [0.717, 1.165) is 12.1 Å². The van der Waals surface area contributed by atoms with Gasteiger partial charge >= 0.3 is 12.1 Å². The second-order valence-electron chi connectivity index (χ2n) is 5.06. The van der Waals surface area contributed by atoms with Crippen LogP contribution in [-0.2, 0) is 10.9 Å². The monoisotopic (exact) mass is 348 g/mol. The first-order valence-electron chi connectivity index (χ1n) is 7.08. The van der Waals surface area contributed by atoms with Crippen LogP contribution >= 0.6 is 0 Å². The molecule has 3 rings (SSSR count). The van der Waals surface area contributed by atoms with Crippen molar-refractivity contribution in [1.82, 2.24) is 10.2 Å². The van der Waals surface area contributed by atoms with Gasteiger partial charge in [0.25, 0.3) is 0 Å². The zero-order valence-corrected chi connectivity index (χ0v) is 12.9. The van der Waals surface area contributed by atoms with Crippen LogP contribution in [0.5, 0.6) is 0 Å². The minimum Gasteiger partial charge on any atom is -0.465 e. The molecule has 1 heterocycles. The van der Waals surface area contributed by atoms with Crippen LogP contribution in [-0.4, -0.2) is 23.3 Å². The summed E-state index contributed by atoms with van der Waals surface area (Å²) in [4.78, 5) is 11.4. The second-order valence-corrected chi connectivity index (χ2v) is 5.06. The van der Waals surface area contributed by atoms with Gasteiger partial charge in [-0.2, -0.15) is 13.2 Å². The average molecular weight is 348 g/mol. The Morgan fingerprint density at radius 1 is 0.920 bits per heavy atom. The highest BCUT2D eigenvalue weighted by atomic mass is 19.4. The standard InChI is InChI=1S/C17H11F3N2O3/c1-24-16(23)12-4-2-10(3-5-12)14-21-22-15(25-14)11-6-8-13(9-7-11)17(18,19)20/h2-9H,1H3. The van der Waals surface area contributed by atoms with E-state index in [1.165, 1.54) is 19.2 Å². The van der Waals surface area contributed by atoms with E-state index in [-0.39, 0.29) is 11.8 Å². The highest BCUT2D eigenvalue weighted by molar-refractivity contribution is 5.89. The molecule has 0 N–H and O–H groups in total.